The third kappa shape index (κ3) is 5.23. The van der Waals surface area contributed by atoms with Gasteiger partial charge in [0, 0.05) is 11.4 Å². The van der Waals surface area contributed by atoms with Gasteiger partial charge in [-0.3, -0.25) is 0 Å². The molecule has 0 saturated heterocycles. The number of esters is 1. The van der Waals surface area contributed by atoms with Gasteiger partial charge in [0.25, 0.3) is 0 Å². The number of aromatic carboxylic acids is 1. The molecule has 21 heavy (non-hydrogen) atoms. The number of rotatable bonds is 2. The predicted octanol–water partition coefficient (Wildman–Crippen LogP) is 2.02. The van der Waals surface area contributed by atoms with Gasteiger partial charge in [0.1, 0.15) is 0 Å². The van der Waals surface area contributed by atoms with Crippen molar-refractivity contribution in [1.29, 1.82) is 0 Å². The molecule has 0 aliphatic carbocycles. The van der Waals surface area contributed by atoms with Crippen molar-refractivity contribution in [1.82, 2.24) is 0 Å². The molecule has 0 radical (unpaired) electrons. The number of nitrogen functional groups attached to an aromatic ring is 2. The van der Waals surface area contributed by atoms with E-state index in [2.05, 4.69) is 4.74 Å². The SMILES string of the molecule is COC(=O)c1ccc(N)cc1.Nc1cccc(C(=O)O)c1. The van der Waals surface area contributed by atoms with Gasteiger partial charge in [-0.25, -0.2) is 9.59 Å². The highest BCUT2D eigenvalue weighted by atomic mass is 16.5. The number of hydrogen-bond acceptors (Lipinski definition) is 5. The van der Waals surface area contributed by atoms with Crippen LogP contribution in [0, 0.1) is 0 Å². The normalized spacial score (nSPS) is 9.19. The van der Waals surface area contributed by atoms with Crippen molar-refractivity contribution in [2.24, 2.45) is 0 Å². The Hall–Kier alpha value is -3.02. The highest BCUT2D eigenvalue weighted by Crippen LogP contribution is 2.06. The molecule has 5 N–H and O–H groups in total. The first kappa shape index (κ1) is 16.0. The number of carboxylic acids is 1. The number of hydrogen-bond donors (Lipinski definition) is 3. The van der Waals surface area contributed by atoms with Crippen LogP contribution in [0.4, 0.5) is 11.4 Å². The number of anilines is 2. The van der Waals surface area contributed by atoms with Gasteiger partial charge in [-0.1, -0.05) is 6.07 Å². The molecule has 0 bridgehead atoms. The summed E-state index contributed by atoms with van der Waals surface area (Å²) >= 11 is 0. The van der Waals surface area contributed by atoms with E-state index in [-0.39, 0.29) is 11.5 Å². The quantitative estimate of drug-likeness (QED) is 0.575. The zero-order chi connectivity index (χ0) is 15.8. The lowest BCUT2D eigenvalue weighted by molar-refractivity contribution is 0.0600. The molecule has 0 atom stereocenters. The molecule has 0 aromatic heterocycles. The molecule has 0 unspecified atom stereocenters. The maximum Gasteiger partial charge on any atom is 0.337 e. The Morgan fingerprint density at radius 1 is 0.952 bits per heavy atom. The van der Waals surface area contributed by atoms with E-state index < -0.39 is 5.97 Å². The van der Waals surface area contributed by atoms with Crippen LogP contribution >= 0.6 is 0 Å². The summed E-state index contributed by atoms with van der Waals surface area (Å²) < 4.78 is 4.50. The molecule has 0 aliphatic heterocycles. The van der Waals surface area contributed by atoms with Crippen LogP contribution in [0.15, 0.2) is 48.5 Å². The second-order valence-corrected chi connectivity index (χ2v) is 4.04. The molecule has 2 rings (SSSR count). The van der Waals surface area contributed by atoms with Crippen LogP contribution in [0.2, 0.25) is 0 Å². The number of methoxy groups -OCH3 is 1. The molecule has 0 amide bonds. The number of carbonyl (C=O) groups is 2. The lowest BCUT2D eigenvalue weighted by atomic mass is 10.2. The third-order valence-corrected chi connectivity index (χ3v) is 2.47. The molecule has 0 heterocycles. The molecule has 0 saturated carbocycles. The molecule has 6 heteroatoms. The van der Waals surface area contributed by atoms with Gasteiger partial charge < -0.3 is 21.3 Å². The summed E-state index contributed by atoms with van der Waals surface area (Å²) in [6.45, 7) is 0. The van der Waals surface area contributed by atoms with Gasteiger partial charge >= 0.3 is 11.9 Å². The van der Waals surface area contributed by atoms with Crippen LogP contribution < -0.4 is 11.5 Å². The van der Waals surface area contributed by atoms with Crippen LogP contribution in [-0.2, 0) is 4.74 Å². The fraction of sp³-hybridized carbons (Fsp3) is 0.0667. The molecule has 110 valence electrons. The minimum atomic E-state index is -0.952. The first-order chi connectivity index (χ1) is 9.93. The van der Waals surface area contributed by atoms with E-state index in [1.54, 1.807) is 36.4 Å². The van der Waals surface area contributed by atoms with E-state index in [1.807, 2.05) is 0 Å². The number of ether oxygens (including phenoxy) is 1. The maximum atomic E-state index is 10.9. The van der Waals surface area contributed by atoms with Gasteiger partial charge in [-0.15, -0.1) is 0 Å². The van der Waals surface area contributed by atoms with Gasteiger partial charge in [0.15, 0.2) is 0 Å². The minimum Gasteiger partial charge on any atom is -0.478 e. The van der Waals surface area contributed by atoms with Gasteiger partial charge in [0.2, 0.25) is 0 Å². The first-order valence-electron chi connectivity index (χ1n) is 5.96. The third-order valence-electron chi connectivity index (χ3n) is 2.47. The summed E-state index contributed by atoms with van der Waals surface area (Å²) in [4.78, 5) is 21.2. The lowest BCUT2D eigenvalue weighted by Crippen LogP contribution is -2.00. The largest absolute Gasteiger partial charge is 0.478 e. The molecule has 2 aromatic rings. The number of nitrogens with two attached hydrogens (primary N) is 2. The van der Waals surface area contributed by atoms with E-state index in [1.165, 1.54) is 19.2 Å². The van der Waals surface area contributed by atoms with Crippen LogP contribution in [0.1, 0.15) is 20.7 Å². The first-order valence-corrected chi connectivity index (χ1v) is 5.96. The van der Waals surface area contributed by atoms with Gasteiger partial charge in [-0.2, -0.15) is 0 Å². The molecular formula is C15H16N2O4. The Labute approximate surface area is 121 Å². The Kier molecular flexibility index (Phi) is 5.76. The van der Waals surface area contributed by atoms with Crippen molar-refractivity contribution in [2.75, 3.05) is 18.6 Å². The Bertz CT molecular complexity index is 624. The van der Waals surface area contributed by atoms with Crippen LogP contribution in [0.3, 0.4) is 0 Å². The monoisotopic (exact) mass is 288 g/mol. The summed E-state index contributed by atoms with van der Waals surface area (Å²) in [5.74, 6) is -1.29. The number of carbonyl (C=O) groups excluding carboxylic acids is 1. The summed E-state index contributed by atoms with van der Waals surface area (Å²) in [6.07, 6.45) is 0. The number of carboxylic acid groups (broad SMARTS) is 1. The van der Waals surface area contributed by atoms with Crippen molar-refractivity contribution >= 4 is 23.3 Å². The summed E-state index contributed by atoms with van der Waals surface area (Å²) in [5, 5.41) is 8.45. The molecule has 2 aromatic carbocycles. The fourth-order valence-corrected chi connectivity index (χ4v) is 1.41. The van der Waals surface area contributed by atoms with Crippen LogP contribution in [-0.4, -0.2) is 24.2 Å². The summed E-state index contributed by atoms with van der Waals surface area (Å²) in [5.41, 5.74) is 12.6. The van der Waals surface area contributed by atoms with E-state index in [0.717, 1.165) is 0 Å². The standard InChI is InChI=1S/C8H9NO2.C7H7NO2/c1-11-8(10)6-2-4-7(9)5-3-6;8-6-3-1-2-5(4-6)7(9)10/h2-5H,9H2,1H3;1-4H,8H2,(H,9,10). The van der Waals surface area contributed by atoms with Crippen molar-refractivity contribution < 1.29 is 19.4 Å². The van der Waals surface area contributed by atoms with Crippen molar-refractivity contribution in [2.45, 2.75) is 0 Å². The van der Waals surface area contributed by atoms with E-state index in [0.29, 0.717) is 16.9 Å². The predicted molar refractivity (Wildman–Crippen MR) is 80.0 cm³/mol. The van der Waals surface area contributed by atoms with Crippen molar-refractivity contribution in [3.63, 3.8) is 0 Å². The molecule has 0 fully saturated rings. The van der Waals surface area contributed by atoms with Gasteiger partial charge in [-0.05, 0) is 42.5 Å². The molecule has 0 spiro atoms. The summed E-state index contributed by atoms with van der Waals surface area (Å²) in [7, 11) is 1.35. The zero-order valence-corrected chi connectivity index (χ0v) is 11.4. The zero-order valence-electron chi connectivity index (χ0n) is 11.4. The molecule has 6 nitrogen and oxygen atoms in total. The molecular weight excluding hydrogens is 272 g/mol. The highest BCUT2D eigenvalue weighted by molar-refractivity contribution is 5.89. The van der Waals surface area contributed by atoms with Crippen molar-refractivity contribution in [3.05, 3.63) is 59.7 Å². The second-order valence-electron chi connectivity index (χ2n) is 4.04. The molecule has 0 aliphatic rings. The minimum absolute atomic E-state index is 0.222. The van der Waals surface area contributed by atoms with E-state index in [4.69, 9.17) is 16.6 Å². The Morgan fingerprint density at radius 3 is 2.00 bits per heavy atom. The van der Waals surface area contributed by atoms with Crippen LogP contribution in [0.25, 0.3) is 0 Å². The van der Waals surface area contributed by atoms with E-state index in [9.17, 15) is 9.59 Å². The Balaban J connectivity index is 0.000000211. The smallest absolute Gasteiger partial charge is 0.337 e. The highest BCUT2D eigenvalue weighted by Gasteiger charge is 2.02. The maximum absolute atomic E-state index is 10.9. The van der Waals surface area contributed by atoms with E-state index >= 15 is 0 Å². The number of benzene rings is 2. The van der Waals surface area contributed by atoms with Crippen LogP contribution in [0.5, 0.6) is 0 Å². The fourth-order valence-electron chi connectivity index (χ4n) is 1.41. The van der Waals surface area contributed by atoms with Crippen molar-refractivity contribution in [3.8, 4) is 0 Å². The van der Waals surface area contributed by atoms with Gasteiger partial charge in [0.05, 0.1) is 18.2 Å². The Morgan fingerprint density at radius 2 is 1.57 bits per heavy atom. The average molecular weight is 288 g/mol. The lowest BCUT2D eigenvalue weighted by Gasteiger charge is -1.97. The summed E-state index contributed by atoms with van der Waals surface area (Å²) in [6, 6.07) is 12.7. The topological polar surface area (TPSA) is 116 Å². The average Bonchev–Trinajstić information content (AvgIpc) is 2.48. The second kappa shape index (κ2) is 7.54.